The molecule has 0 N–H and O–H groups in total. The van der Waals surface area contributed by atoms with Gasteiger partial charge in [-0.05, 0) is 24.1 Å². The predicted molar refractivity (Wildman–Crippen MR) is 75.1 cm³/mol. The van der Waals surface area contributed by atoms with Gasteiger partial charge in [0.15, 0.2) is 5.82 Å². The zero-order chi connectivity index (χ0) is 17.2. The molecule has 24 heavy (non-hydrogen) atoms. The summed E-state index contributed by atoms with van der Waals surface area (Å²) in [4.78, 5) is 18.0. The zero-order valence-corrected chi connectivity index (χ0v) is 12.5. The van der Waals surface area contributed by atoms with Crippen LogP contribution in [0.25, 0.3) is 0 Å². The average Bonchev–Trinajstić information content (AvgIpc) is 3.18. The third-order valence-electron chi connectivity index (χ3n) is 3.80. The molecule has 2 aromatic rings. The fraction of sp³-hybridized carbons (Fsp3) is 0.400. The van der Waals surface area contributed by atoms with Crippen LogP contribution in [0.5, 0.6) is 5.75 Å². The number of carbonyl (C=O) groups excluding carboxylic acids is 1. The van der Waals surface area contributed by atoms with E-state index >= 15 is 0 Å². The van der Waals surface area contributed by atoms with E-state index in [0.29, 0.717) is 24.5 Å². The number of ether oxygens (including phenoxy) is 1. The summed E-state index contributed by atoms with van der Waals surface area (Å²) in [5.41, 5.74) is 0.623. The molecular formula is C15H14F3N3O3. The van der Waals surface area contributed by atoms with Crippen LogP contribution in [-0.4, -0.2) is 40.4 Å². The van der Waals surface area contributed by atoms with Crippen LogP contribution in [-0.2, 0) is 11.2 Å². The van der Waals surface area contributed by atoms with Gasteiger partial charge in [0.25, 0.3) is 0 Å². The lowest BCUT2D eigenvalue weighted by atomic mass is 10.1. The van der Waals surface area contributed by atoms with E-state index < -0.39 is 6.36 Å². The Kier molecular flexibility index (Phi) is 4.41. The number of likely N-dealkylation sites (tertiary alicyclic amines) is 1. The number of amides is 1. The predicted octanol–water partition coefficient (Wildman–Crippen LogP) is 2.53. The fourth-order valence-electron chi connectivity index (χ4n) is 2.65. The summed E-state index contributed by atoms with van der Waals surface area (Å²) in [5, 5.41) is 3.79. The Labute approximate surface area is 135 Å². The van der Waals surface area contributed by atoms with Gasteiger partial charge in [-0.3, -0.25) is 4.79 Å². The summed E-state index contributed by atoms with van der Waals surface area (Å²) in [6.45, 7) is 1.10. The zero-order valence-electron chi connectivity index (χ0n) is 12.5. The van der Waals surface area contributed by atoms with Crippen molar-refractivity contribution in [3.8, 4) is 5.75 Å². The van der Waals surface area contributed by atoms with Crippen molar-refractivity contribution in [3.05, 3.63) is 42.0 Å². The molecule has 1 aliphatic rings. The van der Waals surface area contributed by atoms with Crippen LogP contribution in [0.4, 0.5) is 13.2 Å². The first-order valence-corrected chi connectivity index (χ1v) is 7.29. The first kappa shape index (κ1) is 16.3. The molecule has 3 rings (SSSR count). The Balaban J connectivity index is 1.55. The molecule has 1 fully saturated rings. The van der Waals surface area contributed by atoms with E-state index in [1.54, 1.807) is 4.90 Å². The Morgan fingerprint density at radius 2 is 2.08 bits per heavy atom. The quantitative estimate of drug-likeness (QED) is 0.855. The summed E-state index contributed by atoms with van der Waals surface area (Å²) in [6, 6.07) is 5.29. The standard InChI is InChI=1S/C15H14F3N3O3/c16-15(17,18)24-12-3-1-10(2-4-12)7-13(22)21-6-5-11(8-21)14-19-9-23-20-14/h1-4,9,11H,5-8H2. The van der Waals surface area contributed by atoms with E-state index in [9.17, 15) is 18.0 Å². The summed E-state index contributed by atoms with van der Waals surface area (Å²) in [5.74, 6) is 0.233. The lowest BCUT2D eigenvalue weighted by molar-refractivity contribution is -0.274. The molecule has 1 saturated heterocycles. The molecule has 6 nitrogen and oxygen atoms in total. The van der Waals surface area contributed by atoms with Crippen LogP contribution < -0.4 is 4.74 Å². The Bertz CT molecular complexity index is 686. The number of nitrogens with zero attached hydrogens (tertiary/aromatic N) is 3. The van der Waals surface area contributed by atoms with Crippen molar-refractivity contribution in [2.45, 2.75) is 25.1 Å². The monoisotopic (exact) mass is 341 g/mol. The van der Waals surface area contributed by atoms with Gasteiger partial charge in [-0.1, -0.05) is 17.3 Å². The number of benzene rings is 1. The van der Waals surface area contributed by atoms with E-state index in [2.05, 4.69) is 14.9 Å². The first-order valence-electron chi connectivity index (χ1n) is 7.29. The lowest BCUT2D eigenvalue weighted by Crippen LogP contribution is -2.30. The summed E-state index contributed by atoms with van der Waals surface area (Å²) >= 11 is 0. The molecule has 0 aliphatic carbocycles. The first-order chi connectivity index (χ1) is 11.4. The molecule has 0 saturated carbocycles. The highest BCUT2D eigenvalue weighted by atomic mass is 19.4. The maximum atomic E-state index is 12.3. The molecular weight excluding hydrogens is 327 g/mol. The Morgan fingerprint density at radius 3 is 2.71 bits per heavy atom. The van der Waals surface area contributed by atoms with E-state index in [-0.39, 0.29) is 24.0 Å². The number of halogens is 3. The topological polar surface area (TPSA) is 68.5 Å². The second-order valence-corrected chi connectivity index (χ2v) is 5.48. The molecule has 1 amide bonds. The highest BCUT2D eigenvalue weighted by molar-refractivity contribution is 5.79. The molecule has 1 unspecified atom stereocenters. The normalized spacial score (nSPS) is 18.0. The summed E-state index contributed by atoms with van der Waals surface area (Å²) in [6.07, 6.45) is -2.60. The smallest absolute Gasteiger partial charge is 0.406 e. The Morgan fingerprint density at radius 1 is 1.33 bits per heavy atom. The second-order valence-electron chi connectivity index (χ2n) is 5.48. The maximum Gasteiger partial charge on any atom is 0.573 e. The Hall–Kier alpha value is -2.58. The molecule has 2 heterocycles. The van der Waals surface area contributed by atoms with Crippen molar-refractivity contribution in [3.63, 3.8) is 0 Å². The largest absolute Gasteiger partial charge is 0.573 e. The van der Waals surface area contributed by atoms with Crippen LogP contribution >= 0.6 is 0 Å². The fourth-order valence-corrected chi connectivity index (χ4v) is 2.65. The molecule has 0 bridgehead atoms. The number of hydrogen-bond acceptors (Lipinski definition) is 5. The highest BCUT2D eigenvalue weighted by Gasteiger charge is 2.31. The molecule has 9 heteroatoms. The van der Waals surface area contributed by atoms with Gasteiger partial charge in [0.05, 0.1) is 6.42 Å². The SMILES string of the molecule is O=C(Cc1ccc(OC(F)(F)F)cc1)N1CCC(c2ncon2)C1. The van der Waals surface area contributed by atoms with Gasteiger partial charge in [0.1, 0.15) is 5.75 Å². The van der Waals surface area contributed by atoms with Crippen LogP contribution in [0.1, 0.15) is 23.7 Å². The van der Waals surface area contributed by atoms with Crippen LogP contribution in [0.2, 0.25) is 0 Å². The third-order valence-corrected chi connectivity index (χ3v) is 3.80. The van der Waals surface area contributed by atoms with Crippen LogP contribution in [0, 0.1) is 0 Å². The van der Waals surface area contributed by atoms with Crippen molar-refractivity contribution < 1.29 is 27.2 Å². The van der Waals surface area contributed by atoms with E-state index in [0.717, 1.165) is 6.42 Å². The van der Waals surface area contributed by atoms with Gasteiger partial charge in [-0.15, -0.1) is 13.2 Å². The molecule has 1 aliphatic heterocycles. The summed E-state index contributed by atoms with van der Waals surface area (Å²) < 4.78 is 44.8. The number of hydrogen-bond donors (Lipinski definition) is 0. The van der Waals surface area contributed by atoms with Crippen molar-refractivity contribution >= 4 is 5.91 Å². The highest BCUT2D eigenvalue weighted by Crippen LogP contribution is 2.26. The van der Waals surface area contributed by atoms with Gasteiger partial charge in [-0.25, -0.2) is 0 Å². The van der Waals surface area contributed by atoms with Gasteiger partial charge in [0.2, 0.25) is 12.3 Å². The van der Waals surface area contributed by atoms with E-state index in [1.165, 1.54) is 30.7 Å². The van der Waals surface area contributed by atoms with Gasteiger partial charge < -0.3 is 14.2 Å². The minimum atomic E-state index is -4.73. The number of alkyl halides is 3. The molecule has 0 spiro atoms. The maximum absolute atomic E-state index is 12.3. The third kappa shape index (κ3) is 4.03. The van der Waals surface area contributed by atoms with Crippen molar-refractivity contribution in [1.29, 1.82) is 0 Å². The van der Waals surface area contributed by atoms with Crippen molar-refractivity contribution in [1.82, 2.24) is 15.0 Å². The minimum absolute atomic E-state index is 0.0512. The molecule has 1 atom stereocenters. The molecule has 1 aromatic carbocycles. The van der Waals surface area contributed by atoms with Crippen LogP contribution in [0.3, 0.4) is 0 Å². The number of carbonyl (C=O) groups is 1. The van der Waals surface area contributed by atoms with E-state index in [1.807, 2.05) is 0 Å². The average molecular weight is 341 g/mol. The van der Waals surface area contributed by atoms with Gasteiger partial charge >= 0.3 is 6.36 Å². The number of rotatable bonds is 4. The van der Waals surface area contributed by atoms with Gasteiger partial charge in [0, 0.05) is 19.0 Å². The molecule has 1 aromatic heterocycles. The summed E-state index contributed by atoms with van der Waals surface area (Å²) in [7, 11) is 0. The second kappa shape index (κ2) is 6.50. The van der Waals surface area contributed by atoms with Crippen molar-refractivity contribution in [2.24, 2.45) is 0 Å². The molecule has 0 radical (unpaired) electrons. The van der Waals surface area contributed by atoms with Crippen LogP contribution in [0.15, 0.2) is 35.2 Å². The lowest BCUT2D eigenvalue weighted by Gasteiger charge is -2.16. The van der Waals surface area contributed by atoms with Crippen molar-refractivity contribution in [2.75, 3.05) is 13.1 Å². The number of aromatic nitrogens is 2. The van der Waals surface area contributed by atoms with Gasteiger partial charge in [-0.2, -0.15) is 4.98 Å². The molecule has 128 valence electrons. The van der Waals surface area contributed by atoms with E-state index in [4.69, 9.17) is 4.52 Å². The minimum Gasteiger partial charge on any atom is -0.406 e.